The molecule has 0 aliphatic rings. The highest BCUT2D eigenvalue weighted by Gasteiger charge is 2.19. The van der Waals surface area contributed by atoms with Crippen molar-refractivity contribution in [3.8, 4) is 5.69 Å². The van der Waals surface area contributed by atoms with Crippen molar-refractivity contribution in [1.29, 1.82) is 0 Å². The predicted octanol–water partition coefficient (Wildman–Crippen LogP) is 3.50. The van der Waals surface area contributed by atoms with Crippen molar-refractivity contribution in [2.45, 2.75) is 19.8 Å². The number of benzene rings is 1. The number of carboxylic acids is 1. The van der Waals surface area contributed by atoms with Crippen LogP contribution < -0.4 is 0 Å². The van der Waals surface area contributed by atoms with Crippen molar-refractivity contribution in [3.05, 3.63) is 39.3 Å². The highest BCUT2D eigenvalue weighted by molar-refractivity contribution is 9.10. The Labute approximate surface area is 123 Å². The summed E-state index contributed by atoms with van der Waals surface area (Å²) in [6, 6.07) is 5.20. The molecule has 0 saturated heterocycles. The summed E-state index contributed by atoms with van der Waals surface area (Å²) in [7, 11) is 0. The lowest BCUT2D eigenvalue weighted by molar-refractivity contribution is 0.0683. The number of aromatic nitrogens is 3. The second kappa shape index (κ2) is 5.30. The largest absolute Gasteiger partial charge is 0.475 e. The van der Waals surface area contributed by atoms with Crippen molar-refractivity contribution < 1.29 is 9.90 Å². The van der Waals surface area contributed by atoms with E-state index in [4.69, 9.17) is 16.7 Å². The Kier molecular flexibility index (Phi) is 3.91. The maximum absolute atomic E-state index is 11.0. The van der Waals surface area contributed by atoms with Crippen LogP contribution in [0.2, 0.25) is 5.02 Å². The van der Waals surface area contributed by atoms with Gasteiger partial charge in [0, 0.05) is 15.4 Å². The van der Waals surface area contributed by atoms with Crippen molar-refractivity contribution in [2.75, 3.05) is 0 Å². The van der Waals surface area contributed by atoms with Gasteiger partial charge in [-0.05, 0) is 34.1 Å². The molecule has 1 heterocycles. The molecule has 7 heteroatoms. The molecule has 0 unspecified atom stereocenters. The van der Waals surface area contributed by atoms with Crippen LogP contribution in [0.3, 0.4) is 0 Å². The summed E-state index contributed by atoms with van der Waals surface area (Å²) in [5, 5.41) is 13.6. The van der Waals surface area contributed by atoms with Gasteiger partial charge in [-0.25, -0.2) is 14.5 Å². The first kappa shape index (κ1) is 14.0. The van der Waals surface area contributed by atoms with E-state index in [0.29, 0.717) is 16.5 Å². The van der Waals surface area contributed by atoms with Gasteiger partial charge >= 0.3 is 5.97 Å². The molecule has 100 valence electrons. The van der Waals surface area contributed by atoms with E-state index in [2.05, 4.69) is 26.0 Å². The maximum Gasteiger partial charge on any atom is 0.375 e. The average molecular weight is 345 g/mol. The van der Waals surface area contributed by atoms with Gasteiger partial charge < -0.3 is 5.11 Å². The normalized spacial score (nSPS) is 11.0. The summed E-state index contributed by atoms with van der Waals surface area (Å²) in [5.74, 6) is -0.736. The Morgan fingerprint density at radius 3 is 2.68 bits per heavy atom. The second-order valence-corrected chi connectivity index (χ2v) is 5.55. The quantitative estimate of drug-likeness (QED) is 0.925. The number of rotatable bonds is 3. The van der Waals surface area contributed by atoms with Crippen LogP contribution in [0.4, 0.5) is 0 Å². The van der Waals surface area contributed by atoms with E-state index in [-0.39, 0.29) is 11.7 Å². The molecule has 2 aromatic rings. The number of carbonyl (C=O) groups is 1. The lowest BCUT2D eigenvalue weighted by atomic mass is 10.2. The van der Waals surface area contributed by atoms with Gasteiger partial charge in [0.1, 0.15) is 5.82 Å². The van der Waals surface area contributed by atoms with E-state index >= 15 is 0 Å². The zero-order valence-corrected chi connectivity index (χ0v) is 12.6. The zero-order valence-electron chi connectivity index (χ0n) is 10.3. The Balaban J connectivity index is 2.63. The van der Waals surface area contributed by atoms with Crippen LogP contribution in [0, 0.1) is 0 Å². The van der Waals surface area contributed by atoms with E-state index in [9.17, 15) is 4.79 Å². The summed E-state index contributed by atoms with van der Waals surface area (Å²) in [4.78, 5) is 15.0. The van der Waals surface area contributed by atoms with E-state index in [1.54, 1.807) is 18.2 Å². The molecule has 2 rings (SSSR count). The van der Waals surface area contributed by atoms with Crippen molar-refractivity contribution in [1.82, 2.24) is 14.8 Å². The lowest BCUT2D eigenvalue weighted by Crippen LogP contribution is -2.05. The number of carboxylic acid groups (broad SMARTS) is 1. The van der Waals surface area contributed by atoms with Gasteiger partial charge in [-0.2, -0.15) is 0 Å². The number of hydrogen-bond donors (Lipinski definition) is 1. The Bertz CT molecular complexity index is 640. The lowest BCUT2D eigenvalue weighted by Gasteiger charge is -2.10. The minimum absolute atomic E-state index is 0.0446. The molecular formula is C12H11BrClN3O2. The number of nitrogens with zero attached hydrogens (tertiary/aromatic N) is 3. The summed E-state index contributed by atoms with van der Waals surface area (Å²) >= 11 is 9.29. The van der Waals surface area contributed by atoms with Gasteiger partial charge in [0.15, 0.2) is 0 Å². The van der Waals surface area contributed by atoms with E-state index in [1.165, 1.54) is 4.68 Å². The minimum Gasteiger partial charge on any atom is -0.475 e. The SMILES string of the molecule is CC(C)c1nc(C(=O)O)nn1-c1ccc(Cl)cc1Br. The summed E-state index contributed by atoms with van der Waals surface area (Å²) in [6.45, 7) is 3.85. The van der Waals surface area contributed by atoms with Crippen LogP contribution >= 0.6 is 27.5 Å². The van der Waals surface area contributed by atoms with Crippen LogP contribution in [0.15, 0.2) is 22.7 Å². The molecule has 19 heavy (non-hydrogen) atoms. The molecule has 0 bridgehead atoms. The zero-order chi connectivity index (χ0) is 14.2. The topological polar surface area (TPSA) is 68.0 Å². The minimum atomic E-state index is -1.15. The van der Waals surface area contributed by atoms with Crippen LogP contribution in [0.1, 0.15) is 36.2 Å². The molecule has 0 saturated carbocycles. The van der Waals surface area contributed by atoms with Crippen molar-refractivity contribution in [3.63, 3.8) is 0 Å². The van der Waals surface area contributed by atoms with Gasteiger partial charge in [0.2, 0.25) is 0 Å². The van der Waals surface area contributed by atoms with E-state index in [1.807, 2.05) is 13.8 Å². The first-order chi connectivity index (χ1) is 8.90. The van der Waals surface area contributed by atoms with Crippen LogP contribution in [-0.2, 0) is 0 Å². The van der Waals surface area contributed by atoms with Gasteiger partial charge in [0.05, 0.1) is 5.69 Å². The van der Waals surface area contributed by atoms with Crippen LogP contribution in [0.5, 0.6) is 0 Å². The molecule has 0 spiro atoms. The second-order valence-electron chi connectivity index (χ2n) is 4.26. The average Bonchev–Trinajstić information content (AvgIpc) is 2.73. The highest BCUT2D eigenvalue weighted by atomic mass is 79.9. The fourth-order valence-corrected chi connectivity index (χ4v) is 2.47. The number of aromatic carboxylic acids is 1. The molecule has 1 aromatic carbocycles. The van der Waals surface area contributed by atoms with Gasteiger partial charge in [0.25, 0.3) is 5.82 Å². The Morgan fingerprint density at radius 2 is 2.16 bits per heavy atom. The van der Waals surface area contributed by atoms with Crippen molar-refractivity contribution >= 4 is 33.5 Å². The van der Waals surface area contributed by atoms with E-state index < -0.39 is 5.97 Å². The van der Waals surface area contributed by atoms with E-state index in [0.717, 1.165) is 4.47 Å². The third-order valence-electron chi connectivity index (χ3n) is 2.48. The summed E-state index contributed by atoms with van der Waals surface area (Å²) in [6.07, 6.45) is 0. The van der Waals surface area contributed by atoms with Gasteiger partial charge in [-0.15, -0.1) is 5.10 Å². The first-order valence-corrected chi connectivity index (χ1v) is 6.73. The fraction of sp³-hybridized carbons (Fsp3) is 0.250. The Morgan fingerprint density at radius 1 is 1.47 bits per heavy atom. The van der Waals surface area contributed by atoms with Crippen molar-refractivity contribution in [2.24, 2.45) is 0 Å². The molecule has 5 nitrogen and oxygen atoms in total. The number of halogens is 2. The Hall–Kier alpha value is -1.40. The summed E-state index contributed by atoms with van der Waals surface area (Å²) < 4.78 is 2.25. The first-order valence-electron chi connectivity index (χ1n) is 5.56. The monoisotopic (exact) mass is 343 g/mol. The summed E-state index contributed by atoms with van der Waals surface area (Å²) in [5.41, 5.74) is 0.702. The van der Waals surface area contributed by atoms with Gasteiger partial charge in [-0.1, -0.05) is 25.4 Å². The molecule has 1 N–H and O–H groups in total. The molecule has 0 radical (unpaired) electrons. The third kappa shape index (κ3) is 2.79. The fourth-order valence-electron chi connectivity index (χ4n) is 1.62. The predicted molar refractivity (Wildman–Crippen MR) is 75.1 cm³/mol. The third-order valence-corrected chi connectivity index (χ3v) is 3.35. The van der Waals surface area contributed by atoms with Gasteiger partial charge in [-0.3, -0.25) is 0 Å². The highest BCUT2D eigenvalue weighted by Crippen LogP contribution is 2.27. The molecule has 0 atom stereocenters. The molecular weight excluding hydrogens is 334 g/mol. The maximum atomic E-state index is 11.0. The standard InChI is InChI=1S/C12H11BrClN3O2/c1-6(2)11-15-10(12(18)19)16-17(11)9-4-3-7(14)5-8(9)13/h3-6H,1-2H3,(H,18,19). The smallest absolute Gasteiger partial charge is 0.375 e. The molecule has 0 aliphatic carbocycles. The molecule has 0 aliphatic heterocycles. The molecule has 0 fully saturated rings. The van der Waals surface area contributed by atoms with Crippen LogP contribution in [0.25, 0.3) is 5.69 Å². The number of hydrogen-bond acceptors (Lipinski definition) is 3. The molecule has 1 aromatic heterocycles. The van der Waals surface area contributed by atoms with Crippen LogP contribution in [-0.4, -0.2) is 25.8 Å². The molecule has 0 amide bonds.